The van der Waals surface area contributed by atoms with Crippen LogP contribution >= 0.6 is 11.8 Å². The van der Waals surface area contributed by atoms with Gasteiger partial charge in [0, 0.05) is 17.5 Å². The summed E-state index contributed by atoms with van der Waals surface area (Å²) in [6, 6.07) is 5.05. The van der Waals surface area contributed by atoms with Crippen LogP contribution < -0.4 is 5.32 Å². The van der Waals surface area contributed by atoms with E-state index < -0.39 is 11.9 Å². The number of nitrogens with one attached hydrogen (secondary N) is 1. The van der Waals surface area contributed by atoms with Gasteiger partial charge in [-0.25, -0.2) is 15.0 Å². The zero-order valence-corrected chi connectivity index (χ0v) is 13.2. The van der Waals surface area contributed by atoms with Crippen LogP contribution in [0.1, 0.15) is 23.4 Å². The molecule has 1 amide bonds. The van der Waals surface area contributed by atoms with Crippen LogP contribution in [0, 0.1) is 0 Å². The first-order chi connectivity index (χ1) is 11.4. The van der Waals surface area contributed by atoms with E-state index in [0.29, 0.717) is 30.8 Å². The third-order valence-electron chi connectivity index (χ3n) is 3.45. The van der Waals surface area contributed by atoms with E-state index in [-0.39, 0.29) is 22.4 Å². The maximum absolute atomic E-state index is 13.1. The largest absolute Gasteiger partial charge is 0.433 e. The highest BCUT2D eigenvalue weighted by Crippen LogP contribution is 2.36. The van der Waals surface area contributed by atoms with Crippen molar-refractivity contribution in [1.82, 2.24) is 15.0 Å². The fourth-order valence-corrected chi connectivity index (χ4v) is 3.12. The molecule has 5 nitrogen and oxygen atoms in total. The first-order valence-electron chi connectivity index (χ1n) is 7.24. The van der Waals surface area contributed by atoms with E-state index in [4.69, 9.17) is 0 Å². The second kappa shape index (κ2) is 6.76. The van der Waals surface area contributed by atoms with E-state index in [0.717, 1.165) is 11.8 Å². The van der Waals surface area contributed by atoms with Crippen LogP contribution in [0.25, 0.3) is 0 Å². The van der Waals surface area contributed by atoms with Crippen molar-refractivity contribution in [2.75, 3.05) is 11.1 Å². The molecule has 126 valence electrons. The number of amides is 1. The molecular formula is C15H13F3N4OS. The minimum Gasteiger partial charge on any atom is -0.310 e. The van der Waals surface area contributed by atoms with Gasteiger partial charge in [-0.2, -0.15) is 13.2 Å². The molecule has 1 aliphatic rings. The van der Waals surface area contributed by atoms with E-state index in [1.54, 1.807) is 18.2 Å². The first kappa shape index (κ1) is 16.7. The van der Waals surface area contributed by atoms with Gasteiger partial charge in [0.1, 0.15) is 5.82 Å². The third kappa shape index (κ3) is 3.84. The van der Waals surface area contributed by atoms with E-state index in [9.17, 15) is 18.0 Å². The molecule has 0 aliphatic heterocycles. The third-order valence-corrected chi connectivity index (χ3v) is 4.29. The Morgan fingerprint density at radius 3 is 2.79 bits per heavy atom. The minimum atomic E-state index is -4.51. The SMILES string of the molecule is O=C(CSc1nc2c(c(C(F)(F)F)n1)CCC2)Nc1ccccn1. The zero-order valence-electron chi connectivity index (χ0n) is 12.4. The molecular weight excluding hydrogens is 341 g/mol. The van der Waals surface area contributed by atoms with Crippen LogP contribution in [-0.4, -0.2) is 26.6 Å². The van der Waals surface area contributed by atoms with Crippen LogP contribution in [-0.2, 0) is 23.8 Å². The van der Waals surface area contributed by atoms with Crippen LogP contribution in [0.2, 0.25) is 0 Å². The fraction of sp³-hybridized carbons (Fsp3) is 0.333. The van der Waals surface area contributed by atoms with Crippen LogP contribution in [0.15, 0.2) is 29.6 Å². The lowest BCUT2D eigenvalue weighted by molar-refractivity contribution is -0.142. The lowest BCUT2D eigenvalue weighted by Gasteiger charge is -2.12. The van der Waals surface area contributed by atoms with Gasteiger partial charge < -0.3 is 5.32 Å². The molecule has 0 bridgehead atoms. The number of rotatable bonds is 4. The number of carbonyl (C=O) groups excluding carboxylic acids is 1. The van der Waals surface area contributed by atoms with E-state index in [1.165, 1.54) is 6.20 Å². The normalized spacial score (nSPS) is 13.6. The van der Waals surface area contributed by atoms with Crippen molar-refractivity contribution in [1.29, 1.82) is 0 Å². The van der Waals surface area contributed by atoms with Gasteiger partial charge in [0.2, 0.25) is 5.91 Å². The second-order valence-corrected chi connectivity index (χ2v) is 6.13. The summed E-state index contributed by atoms with van der Waals surface area (Å²) in [6.07, 6.45) is -1.49. The topological polar surface area (TPSA) is 67.8 Å². The molecule has 0 aromatic carbocycles. The number of carbonyl (C=O) groups is 1. The lowest BCUT2D eigenvalue weighted by Crippen LogP contribution is -2.17. The van der Waals surface area contributed by atoms with Crippen molar-refractivity contribution >= 4 is 23.5 Å². The Kier molecular flexibility index (Phi) is 4.70. The number of aromatic nitrogens is 3. The summed E-state index contributed by atoms with van der Waals surface area (Å²) in [4.78, 5) is 23.6. The van der Waals surface area contributed by atoms with Gasteiger partial charge in [0.15, 0.2) is 10.9 Å². The number of alkyl halides is 3. The number of hydrogen-bond donors (Lipinski definition) is 1. The summed E-state index contributed by atoms with van der Waals surface area (Å²) in [5, 5.41) is 2.53. The van der Waals surface area contributed by atoms with Gasteiger partial charge >= 0.3 is 6.18 Å². The van der Waals surface area contributed by atoms with Crippen molar-refractivity contribution in [3.63, 3.8) is 0 Å². The molecule has 0 fully saturated rings. The molecule has 2 heterocycles. The molecule has 1 N–H and O–H groups in total. The number of anilines is 1. The zero-order chi connectivity index (χ0) is 17.2. The van der Waals surface area contributed by atoms with E-state index in [2.05, 4.69) is 20.3 Å². The number of pyridine rings is 1. The Morgan fingerprint density at radius 1 is 1.25 bits per heavy atom. The molecule has 0 atom stereocenters. The van der Waals surface area contributed by atoms with Gasteiger partial charge in [-0.3, -0.25) is 4.79 Å². The maximum atomic E-state index is 13.1. The highest BCUT2D eigenvalue weighted by molar-refractivity contribution is 7.99. The van der Waals surface area contributed by atoms with Crippen molar-refractivity contribution in [2.24, 2.45) is 0 Å². The van der Waals surface area contributed by atoms with Gasteiger partial charge in [0.05, 0.1) is 5.75 Å². The molecule has 1 aliphatic carbocycles. The summed E-state index contributed by atoms with van der Waals surface area (Å²) in [5.41, 5.74) is -0.257. The van der Waals surface area contributed by atoms with E-state index in [1.807, 2.05) is 0 Å². The fourth-order valence-electron chi connectivity index (χ4n) is 2.45. The highest BCUT2D eigenvalue weighted by Gasteiger charge is 2.38. The quantitative estimate of drug-likeness (QED) is 0.675. The summed E-state index contributed by atoms with van der Waals surface area (Å²) in [5.74, 6) is -0.0857. The molecule has 9 heteroatoms. The summed E-state index contributed by atoms with van der Waals surface area (Å²) in [7, 11) is 0. The summed E-state index contributed by atoms with van der Waals surface area (Å²) < 4.78 is 39.4. The molecule has 24 heavy (non-hydrogen) atoms. The Bertz CT molecular complexity index is 752. The first-order valence-corrected chi connectivity index (χ1v) is 8.23. The number of halogens is 3. The summed E-state index contributed by atoms with van der Waals surface area (Å²) >= 11 is 0.882. The number of nitrogens with zero attached hydrogens (tertiary/aromatic N) is 3. The van der Waals surface area contributed by atoms with E-state index >= 15 is 0 Å². The van der Waals surface area contributed by atoms with Gasteiger partial charge in [-0.05, 0) is 31.4 Å². The Balaban J connectivity index is 1.70. The minimum absolute atomic E-state index is 0.0286. The van der Waals surface area contributed by atoms with Crippen LogP contribution in [0.5, 0.6) is 0 Å². The van der Waals surface area contributed by atoms with Gasteiger partial charge in [-0.1, -0.05) is 17.8 Å². The standard InChI is InChI=1S/C15H13F3N4OS/c16-15(17,18)13-9-4-3-5-10(9)20-14(22-13)24-8-12(23)21-11-6-1-2-7-19-11/h1-2,6-7H,3-5,8H2,(H,19,21,23). The molecule has 3 rings (SSSR count). The number of thioether (sulfide) groups is 1. The summed E-state index contributed by atoms with van der Waals surface area (Å²) in [6.45, 7) is 0. The Hall–Kier alpha value is -2.16. The van der Waals surface area contributed by atoms with Crippen LogP contribution in [0.3, 0.4) is 0 Å². The van der Waals surface area contributed by atoms with Crippen molar-refractivity contribution in [2.45, 2.75) is 30.6 Å². The number of hydrogen-bond acceptors (Lipinski definition) is 5. The predicted octanol–water partition coefficient (Wildman–Crippen LogP) is 3.11. The van der Waals surface area contributed by atoms with Gasteiger partial charge in [-0.15, -0.1) is 0 Å². The average Bonchev–Trinajstić information content (AvgIpc) is 3.00. The molecule has 0 radical (unpaired) electrons. The van der Waals surface area contributed by atoms with Gasteiger partial charge in [0.25, 0.3) is 0 Å². The Morgan fingerprint density at radius 2 is 2.08 bits per heavy atom. The maximum Gasteiger partial charge on any atom is 0.433 e. The molecule has 2 aromatic rings. The molecule has 0 saturated heterocycles. The van der Waals surface area contributed by atoms with Crippen molar-refractivity contribution in [3.8, 4) is 0 Å². The van der Waals surface area contributed by atoms with Crippen LogP contribution in [0.4, 0.5) is 19.0 Å². The van der Waals surface area contributed by atoms with Crippen molar-refractivity contribution < 1.29 is 18.0 Å². The molecule has 0 spiro atoms. The smallest absolute Gasteiger partial charge is 0.310 e. The molecule has 2 aromatic heterocycles. The molecule has 0 unspecified atom stereocenters. The molecule has 0 saturated carbocycles. The highest BCUT2D eigenvalue weighted by atomic mass is 32.2. The predicted molar refractivity (Wildman–Crippen MR) is 82.6 cm³/mol. The second-order valence-electron chi connectivity index (χ2n) is 5.18. The number of fused-ring (bicyclic) bond motifs is 1. The lowest BCUT2D eigenvalue weighted by atomic mass is 10.2. The Labute approximate surface area is 140 Å². The average molecular weight is 354 g/mol. The van der Waals surface area contributed by atoms with Crippen molar-refractivity contribution in [3.05, 3.63) is 41.3 Å². The monoisotopic (exact) mass is 354 g/mol. The number of aryl methyl sites for hydroxylation is 1.